The average molecular weight is 371 g/mol. The van der Waals surface area contributed by atoms with Gasteiger partial charge in [-0.2, -0.15) is 0 Å². The van der Waals surface area contributed by atoms with E-state index < -0.39 is 29.9 Å². The summed E-state index contributed by atoms with van der Waals surface area (Å²) in [7, 11) is 5.65. The van der Waals surface area contributed by atoms with Crippen LogP contribution in [-0.2, 0) is 18.9 Å². The van der Waals surface area contributed by atoms with Crippen LogP contribution in [0.2, 0.25) is 0 Å². The first-order valence-electron chi connectivity index (χ1n) is 8.81. The molecule has 0 radical (unpaired) electrons. The fourth-order valence-corrected chi connectivity index (χ4v) is 7.02. The van der Waals surface area contributed by atoms with Gasteiger partial charge in [0.05, 0.1) is 0 Å². The molecule has 0 fully saturated rings. The van der Waals surface area contributed by atoms with Crippen LogP contribution < -0.4 is 10.4 Å². The molecule has 24 heavy (non-hydrogen) atoms. The molecule has 1 aromatic rings. The van der Waals surface area contributed by atoms with Crippen LogP contribution in [0.1, 0.15) is 39.5 Å². The maximum absolute atomic E-state index is 5.72. The number of hydrogen-bond donors (Lipinski definition) is 0. The van der Waals surface area contributed by atoms with Gasteiger partial charge in [0.1, 0.15) is 29.9 Å². The first-order chi connectivity index (χ1) is 11.5. The van der Waals surface area contributed by atoms with Gasteiger partial charge in [-0.15, -0.1) is 0 Å². The first kappa shape index (κ1) is 21.5. The van der Waals surface area contributed by atoms with Gasteiger partial charge < -0.3 is 18.9 Å². The van der Waals surface area contributed by atoms with Gasteiger partial charge in [0.15, 0.2) is 0 Å². The van der Waals surface area contributed by atoms with Gasteiger partial charge in [-0.05, 0) is 12.8 Å². The summed E-state index contributed by atoms with van der Waals surface area (Å²) < 4.78 is 22.9. The van der Waals surface area contributed by atoms with Crippen LogP contribution in [0.15, 0.2) is 24.3 Å². The molecule has 0 saturated carbocycles. The van der Waals surface area contributed by atoms with Gasteiger partial charge in [0.2, 0.25) is 0 Å². The minimum atomic E-state index is -0.685. The van der Waals surface area contributed by atoms with E-state index in [9.17, 15) is 0 Å². The minimum Gasteiger partial charge on any atom is -0.357 e. The van der Waals surface area contributed by atoms with Crippen molar-refractivity contribution in [2.24, 2.45) is 0 Å². The van der Waals surface area contributed by atoms with Crippen LogP contribution in [0.5, 0.6) is 0 Å². The van der Waals surface area contributed by atoms with Crippen molar-refractivity contribution in [3.63, 3.8) is 0 Å². The summed E-state index contributed by atoms with van der Waals surface area (Å²) in [6.45, 7) is 4.33. The van der Waals surface area contributed by atoms with E-state index in [1.165, 1.54) is 10.4 Å². The zero-order valence-corrected chi connectivity index (χ0v) is 19.0. The third-order valence-corrected chi connectivity index (χ3v) is 9.42. The summed E-state index contributed by atoms with van der Waals surface area (Å²) in [5.41, 5.74) is -0.780. The maximum Gasteiger partial charge on any atom is 0.149 e. The van der Waals surface area contributed by atoms with E-state index in [0.29, 0.717) is 0 Å². The number of ether oxygens (including phenoxy) is 4. The molecule has 0 spiro atoms. The summed E-state index contributed by atoms with van der Waals surface area (Å²) in [6, 6.07) is 8.94. The summed E-state index contributed by atoms with van der Waals surface area (Å²) in [5.74, 6) is 0. The van der Waals surface area contributed by atoms with Gasteiger partial charge in [-0.25, -0.2) is 0 Å². The molecule has 0 aliphatic heterocycles. The summed E-state index contributed by atoms with van der Waals surface area (Å²) in [6.07, 6.45) is 3.99. The largest absolute Gasteiger partial charge is 0.357 e. The van der Waals surface area contributed by atoms with Crippen LogP contribution in [0.4, 0.5) is 0 Å². The van der Waals surface area contributed by atoms with Gasteiger partial charge in [0.25, 0.3) is 0 Å². The van der Waals surface area contributed by atoms with Crippen molar-refractivity contribution in [3.05, 3.63) is 24.3 Å². The van der Waals surface area contributed by atoms with Crippen LogP contribution in [0.3, 0.4) is 0 Å². The molecule has 0 aliphatic carbocycles. The molecule has 0 amide bonds. The highest BCUT2D eigenvalue weighted by molar-refractivity contribution is 6.58. The molecule has 0 N–H and O–H groups in total. The van der Waals surface area contributed by atoms with Crippen LogP contribution >= 0.6 is 0 Å². The Morgan fingerprint density at radius 3 is 1.17 bits per heavy atom. The topological polar surface area (TPSA) is 36.9 Å². The number of methoxy groups -OCH3 is 4. The molecule has 1 aromatic carbocycles. The lowest BCUT2D eigenvalue weighted by Crippen LogP contribution is -2.47. The molecule has 0 atom stereocenters. The Labute approximate surface area is 151 Å². The fraction of sp³-hybridized carbons (Fsp3) is 0.667. The van der Waals surface area contributed by atoms with Crippen LogP contribution in [-0.4, -0.2) is 58.3 Å². The van der Waals surface area contributed by atoms with Gasteiger partial charge in [-0.1, -0.05) is 61.3 Å². The lowest BCUT2D eigenvalue weighted by molar-refractivity contribution is -0.148. The monoisotopic (exact) mass is 370 g/mol. The quantitative estimate of drug-likeness (QED) is 0.402. The molecule has 1 rings (SSSR count). The zero-order valence-electron chi connectivity index (χ0n) is 16.2. The lowest BCUT2D eigenvalue weighted by atomic mass is 10.3. The third-order valence-electron chi connectivity index (χ3n) is 4.72. The van der Waals surface area contributed by atoms with Crippen molar-refractivity contribution in [1.29, 1.82) is 0 Å². The van der Waals surface area contributed by atoms with Gasteiger partial charge >= 0.3 is 0 Å². The average Bonchev–Trinajstić information content (AvgIpc) is 2.62. The second-order valence-electron chi connectivity index (χ2n) is 6.31. The zero-order chi connectivity index (χ0) is 18.1. The minimum absolute atomic E-state index is 0.390. The molecule has 0 aromatic heterocycles. The van der Waals surface area contributed by atoms with E-state index in [1.807, 2.05) is 0 Å². The molecular weight excluding hydrogens is 336 g/mol. The van der Waals surface area contributed by atoms with E-state index in [-0.39, 0.29) is 0 Å². The van der Waals surface area contributed by atoms with E-state index in [4.69, 9.17) is 18.9 Å². The first-order valence-corrected chi connectivity index (χ1v) is 11.6. The highest BCUT2D eigenvalue weighted by atomic mass is 28.2. The van der Waals surface area contributed by atoms with Crippen LogP contribution in [0, 0.1) is 0 Å². The molecule has 4 nitrogen and oxygen atoms in total. The SMILES string of the molecule is CCCC(OC)(OC)[SiH2]c1ccc([SiH2]C(CCC)(OC)OC)cc1. The number of rotatable bonds is 12. The Kier molecular flexibility index (Phi) is 9.40. The van der Waals surface area contributed by atoms with E-state index in [1.54, 1.807) is 28.4 Å². The smallest absolute Gasteiger partial charge is 0.149 e. The van der Waals surface area contributed by atoms with Crippen molar-refractivity contribution in [2.45, 2.75) is 50.4 Å². The van der Waals surface area contributed by atoms with Crippen molar-refractivity contribution >= 4 is 29.4 Å². The van der Waals surface area contributed by atoms with Crippen molar-refractivity contribution in [3.8, 4) is 0 Å². The fourth-order valence-electron chi connectivity index (χ4n) is 3.20. The molecule has 0 unspecified atom stereocenters. The summed E-state index contributed by atoms with van der Waals surface area (Å²) in [5, 5.41) is 2.72. The normalized spacial score (nSPS) is 13.6. The second-order valence-corrected chi connectivity index (χ2v) is 10.8. The maximum atomic E-state index is 5.72. The molecule has 6 heteroatoms. The Morgan fingerprint density at radius 2 is 0.958 bits per heavy atom. The Balaban J connectivity index is 2.85. The van der Waals surface area contributed by atoms with Gasteiger partial charge in [0, 0.05) is 28.4 Å². The molecule has 0 heterocycles. The Morgan fingerprint density at radius 1 is 0.667 bits per heavy atom. The molecule has 0 saturated heterocycles. The molecular formula is C18H34O4Si2. The lowest BCUT2D eigenvalue weighted by Gasteiger charge is -2.31. The highest BCUT2D eigenvalue weighted by Crippen LogP contribution is 2.18. The second kappa shape index (κ2) is 10.5. The van der Waals surface area contributed by atoms with Crippen LogP contribution in [0.25, 0.3) is 0 Å². The van der Waals surface area contributed by atoms with E-state index in [2.05, 4.69) is 38.1 Å². The Hall–Kier alpha value is -0.506. The van der Waals surface area contributed by atoms with E-state index in [0.717, 1.165) is 25.7 Å². The predicted octanol–water partition coefficient (Wildman–Crippen LogP) is 0.768. The van der Waals surface area contributed by atoms with Crippen molar-refractivity contribution in [2.75, 3.05) is 28.4 Å². The highest BCUT2D eigenvalue weighted by Gasteiger charge is 2.31. The Bertz CT molecular complexity index is 414. The summed E-state index contributed by atoms with van der Waals surface area (Å²) in [4.78, 5) is 0. The molecule has 0 bridgehead atoms. The summed E-state index contributed by atoms with van der Waals surface area (Å²) >= 11 is 0. The third kappa shape index (κ3) is 5.79. The van der Waals surface area contributed by atoms with Crippen molar-refractivity contribution in [1.82, 2.24) is 0 Å². The molecule has 138 valence electrons. The number of hydrogen-bond acceptors (Lipinski definition) is 4. The standard InChI is InChI=1S/C18H34O4Si2/c1-7-13-17(19-3,20-4)23-15-9-11-16(12-10-15)24-18(21-5,22-6)14-8-2/h9-12H,7-8,13-14,23-24H2,1-6H3. The van der Waals surface area contributed by atoms with E-state index >= 15 is 0 Å². The number of benzene rings is 1. The van der Waals surface area contributed by atoms with Crippen molar-refractivity contribution < 1.29 is 18.9 Å². The molecule has 0 aliphatic rings. The predicted molar refractivity (Wildman–Crippen MR) is 106 cm³/mol. The van der Waals surface area contributed by atoms with Gasteiger partial charge in [-0.3, -0.25) is 0 Å².